The van der Waals surface area contributed by atoms with E-state index < -0.39 is 0 Å². The van der Waals surface area contributed by atoms with Crippen molar-refractivity contribution in [3.63, 3.8) is 0 Å². The third-order valence-corrected chi connectivity index (χ3v) is 4.06. The standard InChI is InChI=1S/C17H28N2O2/c1-19-8-6-15(7-9-19)13-18-17-5-3-4-16(12-17)14-21-11-10-20-2/h3-5,12,15,18H,6-11,13-14H2,1-2H3. The van der Waals surface area contributed by atoms with Crippen molar-refractivity contribution in [2.75, 3.05) is 52.3 Å². The number of methoxy groups -OCH3 is 1. The first-order valence-electron chi connectivity index (χ1n) is 7.86. The van der Waals surface area contributed by atoms with Gasteiger partial charge in [0, 0.05) is 19.3 Å². The number of hydrogen-bond donors (Lipinski definition) is 1. The summed E-state index contributed by atoms with van der Waals surface area (Å²) in [5, 5.41) is 3.57. The van der Waals surface area contributed by atoms with E-state index in [1.807, 2.05) is 0 Å². The van der Waals surface area contributed by atoms with E-state index in [0.29, 0.717) is 19.8 Å². The summed E-state index contributed by atoms with van der Waals surface area (Å²) in [4.78, 5) is 2.41. The van der Waals surface area contributed by atoms with Crippen LogP contribution >= 0.6 is 0 Å². The molecule has 0 spiro atoms. The maximum atomic E-state index is 5.56. The predicted octanol–water partition coefficient (Wildman–Crippen LogP) is 2.60. The SMILES string of the molecule is COCCOCc1cccc(NCC2CCN(C)CC2)c1. The molecule has 1 aromatic carbocycles. The molecule has 0 aliphatic carbocycles. The second kappa shape index (κ2) is 9.03. The number of anilines is 1. The Kier molecular flexibility index (Phi) is 7.00. The Morgan fingerprint density at radius 2 is 2.05 bits per heavy atom. The topological polar surface area (TPSA) is 33.7 Å². The van der Waals surface area contributed by atoms with E-state index in [4.69, 9.17) is 9.47 Å². The van der Waals surface area contributed by atoms with Gasteiger partial charge in [-0.05, 0) is 56.6 Å². The number of piperidine rings is 1. The molecule has 0 atom stereocenters. The number of nitrogens with zero attached hydrogens (tertiary/aromatic N) is 1. The molecule has 1 heterocycles. The number of rotatable bonds is 8. The number of likely N-dealkylation sites (tertiary alicyclic amines) is 1. The highest BCUT2D eigenvalue weighted by atomic mass is 16.5. The van der Waals surface area contributed by atoms with Crippen molar-refractivity contribution in [1.29, 1.82) is 0 Å². The summed E-state index contributed by atoms with van der Waals surface area (Å²) >= 11 is 0. The lowest BCUT2D eigenvalue weighted by atomic mass is 9.97. The molecular weight excluding hydrogens is 264 g/mol. The van der Waals surface area contributed by atoms with Gasteiger partial charge in [-0.25, -0.2) is 0 Å². The molecule has 118 valence electrons. The molecule has 0 amide bonds. The van der Waals surface area contributed by atoms with Gasteiger partial charge in [-0.15, -0.1) is 0 Å². The van der Waals surface area contributed by atoms with Crippen LogP contribution < -0.4 is 5.32 Å². The van der Waals surface area contributed by atoms with Crippen LogP contribution in [0.15, 0.2) is 24.3 Å². The zero-order chi connectivity index (χ0) is 14.9. The summed E-state index contributed by atoms with van der Waals surface area (Å²) in [5.41, 5.74) is 2.40. The Labute approximate surface area is 128 Å². The fraction of sp³-hybridized carbons (Fsp3) is 0.647. The normalized spacial score (nSPS) is 17.0. The maximum Gasteiger partial charge on any atom is 0.0718 e. The average Bonchev–Trinajstić information content (AvgIpc) is 2.52. The molecule has 1 fully saturated rings. The predicted molar refractivity (Wildman–Crippen MR) is 86.7 cm³/mol. The van der Waals surface area contributed by atoms with E-state index in [0.717, 1.165) is 12.5 Å². The zero-order valence-electron chi connectivity index (χ0n) is 13.3. The minimum Gasteiger partial charge on any atom is -0.385 e. The Balaban J connectivity index is 1.73. The van der Waals surface area contributed by atoms with Crippen LogP contribution in [0.2, 0.25) is 0 Å². The van der Waals surface area contributed by atoms with E-state index in [-0.39, 0.29) is 0 Å². The molecular formula is C17H28N2O2. The van der Waals surface area contributed by atoms with Crippen LogP contribution in [0.25, 0.3) is 0 Å². The lowest BCUT2D eigenvalue weighted by molar-refractivity contribution is 0.0617. The van der Waals surface area contributed by atoms with Crippen LogP contribution in [-0.4, -0.2) is 51.9 Å². The van der Waals surface area contributed by atoms with Gasteiger partial charge in [-0.1, -0.05) is 12.1 Å². The summed E-state index contributed by atoms with van der Waals surface area (Å²) in [6, 6.07) is 8.51. The van der Waals surface area contributed by atoms with Crippen molar-refractivity contribution < 1.29 is 9.47 Å². The largest absolute Gasteiger partial charge is 0.385 e. The van der Waals surface area contributed by atoms with Gasteiger partial charge in [-0.3, -0.25) is 0 Å². The van der Waals surface area contributed by atoms with Gasteiger partial charge in [0.1, 0.15) is 0 Å². The van der Waals surface area contributed by atoms with Crippen LogP contribution in [0.3, 0.4) is 0 Å². The van der Waals surface area contributed by atoms with Crippen molar-refractivity contribution in [3.8, 4) is 0 Å². The van der Waals surface area contributed by atoms with Crippen molar-refractivity contribution in [2.45, 2.75) is 19.4 Å². The molecule has 0 saturated carbocycles. The van der Waals surface area contributed by atoms with Crippen LogP contribution in [0, 0.1) is 5.92 Å². The highest BCUT2D eigenvalue weighted by Gasteiger charge is 2.16. The monoisotopic (exact) mass is 292 g/mol. The highest BCUT2D eigenvalue weighted by Crippen LogP contribution is 2.18. The molecule has 4 heteroatoms. The summed E-state index contributed by atoms with van der Waals surface area (Å²) in [5.74, 6) is 0.794. The minimum atomic E-state index is 0.643. The fourth-order valence-corrected chi connectivity index (χ4v) is 2.63. The molecule has 1 aliphatic rings. The summed E-state index contributed by atoms with van der Waals surface area (Å²) in [6.07, 6.45) is 2.59. The van der Waals surface area contributed by atoms with Crippen LogP contribution in [0.5, 0.6) is 0 Å². The third kappa shape index (κ3) is 6.04. The van der Waals surface area contributed by atoms with Crippen molar-refractivity contribution >= 4 is 5.69 Å². The van der Waals surface area contributed by atoms with E-state index >= 15 is 0 Å². The Morgan fingerprint density at radius 3 is 2.81 bits per heavy atom. The first-order valence-corrected chi connectivity index (χ1v) is 7.86. The molecule has 4 nitrogen and oxygen atoms in total. The van der Waals surface area contributed by atoms with Gasteiger partial charge in [0.25, 0.3) is 0 Å². The van der Waals surface area contributed by atoms with Gasteiger partial charge in [0.15, 0.2) is 0 Å². The minimum absolute atomic E-state index is 0.643. The van der Waals surface area contributed by atoms with Crippen LogP contribution in [0.4, 0.5) is 5.69 Å². The molecule has 1 N–H and O–H groups in total. The maximum absolute atomic E-state index is 5.56. The smallest absolute Gasteiger partial charge is 0.0718 e. The Morgan fingerprint density at radius 1 is 1.24 bits per heavy atom. The molecule has 1 aliphatic heterocycles. The van der Waals surface area contributed by atoms with Gasteiger partial charge in [-0.2, -0.15) is 0 Å². The van der Waals surface area contributed by atoms with Crippen LogP contribution in [-0.2, 0) is 16.1 Å². The summed E-state index contributed by atoms with van der Waals surface area (Å²) in [7, 11) is 3.90. The Hall–Kier alpha value is -1.10. The average molecular weight is 292 g/mol. The summed E-state index contributed by atoms with van der Waals surface area (Å²) < 4.78 is 10.5. The van der Waals surface area contributed by atoms with E-state index in [1.54, 1.807) is 7.11 Å². The number of hydrogen-bond acceptors (Lipinski definition) is 4. The molecule has 1 saturated heterocycles. The number of benzene rings is 1. The molecule has 2 rings (SSSR count). The van der Waals surface area contributed by atoms with Crippen LogP contribution in [0.1, 0.15) is 18.4 Å². The Bertz CT molecular complexity index is 404. The molecule has 0 bridgehead atoms. The lowest BCUT2D eigenvalue weighted by Gasteiger charge is -2.29. The first-order chi connectivity index (χ1) is 10.3. The second-order valence-corrected chi connectivity index (χ2v) is 5.87. The molecule has 1 aromatic rings. The quantitative estimate of drug-likeness (QED) is 0.747. The van der Waals surface area contributed by atoms with E-state index in [9.17, 15) is 0 Å². The summed E-state index contributed by atoms with van der Waals surface area (Å²) in [6.45, 7) is 5.45. The molecule has 0 aromatic heterocycles. The highest BCUT2D eigenvalue weighted by molar-refractivity contribution is 5.45. The fourth-order valence-electron chi connectivity index (χ4n) is 2.63. The van der Waals surface area contributed by atoms with Gasteiger partial charge < -0.3 is 19.7 Å². The van der Waals surface area contributed by atoms with E-state index in [1.165, 1.54) is 37.2 Å². The lowest BCUT2D eigenvalue weighted by Crippen LogP contribution is -2.32. The van der Waals surface area contributed by atoms with Gasteiger partial charge >= 0.3 is 0 Å². The van der Waals surface area contributed by atoms with Crippen molar-refractivity contribution in [2.24, 2.45) is 5.92 Å². The zero-order valence-corrected chi connectivity index (χ0v) is 13.3. The number of nitrogens with one attached hydrogen (secondary N) is 1. The first kappa shape index (κ1) is 16.3. The molecule has 0 unspecified atom stereocenters. The molecule has 21 heavy (non-hydrogen) atoms. The van der Waals surface area contributed by atoms with Gasteiger partial charge in [0.2, 0.25) is 0 Å². The third-order valence-electron chi connectivity index (χ3n) is 4.06. The second-order valence-electron chi connectivity index (χ2n) is 5.87. The van der Waals surface area contributed by atoms with E-state index in [2.05, 4.69) is 41.5 Å². The van der Waals surface area contributed by atoms with Gasteiger partial charge in [0.05, 0.1) is 19.8 Å². The number of ether oxygens (including phenoxy) is 2. The van der Waals surface area contributed by atoms with Crippen molar-refractivity contribution in [3.05, 3.63) is 29.8 Å². The molecule has 0 radical (unpaired) electrons. The van der Waals surface area contributed by atoms with Crippen molar-refractivity contribution in [1.82, 2.24) is 4.90 Å².